The molecule has 0 aromatic heterocycles. The van der Waals surface area contributed by atoms with Crippen molar-refractivity contribution < 1.29 is 34.2 Å². The Kier molecular flexibility index (Phi) is 19.1. The highest BCUT2D eigenvalue weighted by Crippen LogP contribution is 2.22. The van der Waals surface area contributed by atoms with Crippen LogP contribution in [0, 0.1) is 17.8 Å². The quantitative estimate of drug-likeness (QED) is 0.104. The number of aliphatic carboxylic acids is 3. The molecule has 210 valence electrons. The Hall–Kier alpha value is -1.89. The summed E-state index contributed by atoms with van der Waals surface area (Å²) in [4.78, 5) is 34.6. The van der Waals surface area contributed by atoms with Crippen molar-refractivity contribution in [3.8, 4) is 0 Å². The van der Waals surface area contributed by atoms with E-state index >= 15 is 0 Å². The van der Waals surface area contributed by atoms with Gasteiger partial charge in [0.2, 0.25) is 0 Å². The van der Waals surface area contributed by atoms with Gasteiger partial charge in [0.05, 0.1) is 26.2 Å². The minimum absolute atomic E-state index is 0.180. The Morgan fingerprint density at radius 3 is 1.47 bits per heavy atom. The Balaban J connectivity index is 4.61. The number of carbonyl (C=O) groups excluding carboxylic acids is 1. The Labute approximate surface area is 219 Å². The van der Waals surface area contributed by atoms with Crippen LogP contribution in [-0.2, 0) is 14.4 Å². The number of carboxylic acid groups (broad SMARTS) is 3. The van der Waals surface area contributed by atoms with Gasteiger partial charge < -0.3 is 24.6 Å². The van der Waals surface area contributed by atoms with Gasteiger partial charge in [-0.1, -0.05) is 70.9 Å². The first-order chi connectivity index (χ1) is 17.0. The summed E-state index contributed by atoms with van der Waals surface area (Å²) in [5.41, 5.74) is 0. The number of hydrogen-bond acceptors (Lipinski definition) is 4. The first-order valence-electron chi connectivity index (χ1n) is 14.2. The van der Waals surface area contributed by atoms with Crippen LogP contribution in [0.3, 0.4) is 0 Å². The molecule has 0 saturated heterocycles. The average Bonchev–Trinajstić information content (AvgIpc) is 2.81. The third-order valence-electron chi connectivity index (χ3n) is 7.12. The topological polar surface area (TPSA) is 115 Å². The van der Waals surface area contributed by atoms with Gasteiger partial charge in [-0.25, -0.2) is 0 Å². The van der Waals surface area contributed by atoms with Crippen molar-refractivity contribution in [2.45, 2.75) is 111 Å². The van der Waals surface area contributed by atoms with Crippen LogP contribution in [0.1, 0.15) is 111 Å². The number of carbonyl (C=O) groups is 3. The first-order valence-corrected chi connectivity index (χ1v) is 14.2. The minimum Gasteiger partial charge on any atom is -0.550 e. The summed E-state index contributed by atoms with van der Waals surface area (Å²) in [7, 11) is 0. The Bertz CT molecular complexity index is 593. The molecule has 0 aliphatic heterocycles. The molecular formula is C29H53NO6. The maximum Gasteiger partial charge on any atom is 0.311 e. The molecule has 36 heavy (non-hydrogen) atoms. The smallest absolute Gasteiger partial charge is 0.311 e. The summed E-state index contributed by atoms with van der Waals surface area (Å²) in [6.45, 7) is 8.19. The second-order valence-electron chi connectivity index (χ2n) is 10.9. The van der Waals surface area contributed by atoms with E-state index in [1.54, 1.807) is 20.8 Å². The molecule has 7 nitrogen and oxygen atoms in total. The SMILES string of the molecule is CCCCCCC/C=C/CCCCCCCC[N+](CC(C)C(=O)[O-])(CC(C)C(=O)O)CC(C)C(=O)O. The zero-order valence-corrected chi connectivity index (χ0v) is 23.4. The third kappa shape index (κ3) is 16.7. The van der Waals surface area contributed by atoms with Crippen molar-refractivity contribution in [2.24, 2.45) is 17.8 Å². The number of rotatable bonds is 24. The average molecular weight is 512 g/mol. The second kappa shape index (κ2) is 20.2. The molecular weight excluding hydrogens is 458 g/mol. The minimum atomic E-state index is -1.19. The van der Waals surface area contributed by atoms with Crippen LogP contribution in [0.15, 0.2) is 12.2 Å². The standard InChI is InChI=1S/C29H53NO6/c1-5-6-7-8-9-10-11-12-13-14-15-16-17-18-19-20-30(21-24(2)27(31)32,22-25(3)28(33)34)23-26(4)29(35)36/h11-12,24-26H,5-10,13-23H2,1-4H3,(H2-,31,32,33,34,35,36)/b12-11+. The predicted octanol–water partition coefficient (Wildman–Crippen LogP) is 5.28. The molecule has 0 aromatic carbocycles. The van der Waals surface area contributed by atoms with Gasteiger partial charge in [-0.3, -0.25) is 9.59 Å². The van der Waals surface area contributed by atoms with E-state index in [1.165, 1.54) is 51.4 Å². The van der Waals surface area contributed by atoms with Gasteiger partial charge in [0.25, 0.3) is 0 Å². The molecule has 7 heteroatoms. The zero-order valence-electron chi connectivity index (χ0n) is 23.4. The lowest BCUT2D eigenvalue weighted by Crippen LogP contribution is -2.58. The van der Waals surface area contributed by atoms with Crippen molar-refractivity contribution in [1.29, 1.82) is 0 Å². The molecule has 0 amide bonds. The molecule has 0 rings (SSSR count). The van der Waals surface area contributed by atoms with E-state index in [2.05, 4.69) is 19.1 Å². The molecule has 0 bridgehead atoms. The fraction of sp³-hybridized carbons (Fsp3) is 0.828. The molecule has 2 N–H and O–H groups in total. The van der Waals surface area contributed by atoms with E-state index in [9.17, 15) is 29.7 Å². The van der Waals surface area contributed by atoms with Gasteiger partial charge in [-0.05, 0) is 52.4 Å². The lowest BCUT2D eigenvalue weighted by atomic mass is 10.0. The highest BCUT2D eigenvalue weighted by Gasteiger charge is 2.36. The van der Waals surface area contributed by atoms with Gasteiger partial charge in [0.1, 0.15) is 11.8 Å². The van der Waals surface area contributed by atoms with Gasteiger partial charge in [0, 0.05) is 11.9 Å². The fourth-order valence-electron chi connectivity index (χ4n) is 4.99. The summed E-state index contributed by atoms with van der Waals surface area (Å²) >= 11 is 0. The molecule has 0 fully saturated rings. The highest BCUT2D eigenvalue weighted by atomic mass is 16.4. The van der Waals surface area contributed by atoms with Crippen molar-refractivity contribution >= 4 is 17.9 Å². The highest BCUT2D eigenvalue weighted by molar-refractivity contribution is 5.70. The van der Waals surface area contributed by atoms with Gasteiger partial charge in [-0.2, -0.15) is 0 Å². The Morgan fingerprint density at radius 2 is 1.06 bits per heavy atom. The van der Waals surface area contributed by atoms with Crippen molar-refractivity contribution in [3.63, 3.8) is 0 Å². The van der Waals surface area contributed by atoms with Crippen LogP contribution >= 0.6 is 0 Å². The van der Waals surface area contributed by atoms with Crippen LogP contribution in [0.4, 0.5) is 0 Å². The van der Waals surface area contributed by atoms with Crippen LogP contribution in [0.2, 0.25) is 0 Å². The zero-order chi connectivity index (χ0) is 27.4. The lowest BCUT2D eigenvalue weighted by Gasteiger charge is -2.43. The molecule has 0 radical (unpaired) electrons. The maximum atomic E-state index is 11.6. The van der Waals surface area contributed by atoms with E-state index in [0.717, 1.165) is 32.1 Å². The summed E-state index contributed by atoms with van der Waals surface area (Å²) in [5, 5.41) is 30.4. The summed E-state index contributed by atoms with van der Waals surface area (Å²) < 4.78 is 0.180. The molecule has 3 atom stereocenters. The Morgan fingerprint density at radius 1 is 0.667 bits per heavy atom. The van der Waals surface area contributed by atoms with Gasteiger partial charge >= 0.3 is 11.9 Å². The molecule has 0 aromatic rings. The normalized spacial score (nSPS) is 15.9. The fourth-order valence-corrected chi connectivity index (χ4v) is 4.99. The van der Waals surface area contributed by atoms with Crippen LogP contribution in [-0.4, -0.2) is 58.8 Å². The molecule has 3 unspecified atom stereocenters. The van der Waals surface area contributed by atoms with Crippen molar-refractivity contribution in [2.75, 3.05) is 26.2 Å². The van der Waals surface area contributed by atoms with E-state index < -0.39 is 35.7 Å². The lowest BCUT2D eigenvalue weighted by molar-refractivity contribution is -0.934. The van der Waals surface area contributed by atoms with Crippen LogP contribution < -0.4 is 5.11 Å². The summed E-state index contributed by atoms with van der Waals surface area (Å²) in [6, 6.07) is 0. The number of allylic oxidation sites excluding steroid dienone is 2. The number of hydrogen-bond donors (Lipinski definition) is 2. The van der Waals surface area contributed by atoms with E-state index in [4.69, 9.17) is 0 Å². The van der Waals surface area contributed by atoms with E-state index in [0.29, 0.717) is 6.54 Å². The number of nitrogens with zero attached hydrogens (tertiary/aromatic N) is 1. The van der Waals surface area contributed by atoms with Crippen molar-refractivity contribution in [3.05, 3.63) is 12.2 Å². The predicted molar refractivity (Wildman–Crippen MR) is 142 cm³/mol. The first kappa shape index (κ1) is 34.1. The van der Waals surface area contributed by atoms with Gasteiger partial charge in [-0.15, -0.1) is 0 Å². The monoisotopic (exact) mass is 511 g/mol. The van der Waals surface area contributed by atoms with E-state index in [-0.39, 0.29) is 24.1 Å². The number of unbranched alkanes of at least 4 members (excludes halogenated alkanes) is 11. The molecule has 0 aliphatic rings. The third-order valence-corrected chi connectivity index (χ3v) is 7.12. The molecule has 0 heterocycles. The number of quaternary nitrogens is 1. The molecule has 0 saturated carbocycles. The molecule has 0 spiro atoms. The van der Waals surface area contributed by atoms with Gasteiger partial charge in [0.15, 0.2) is 0 Å². The van der Waals surface area contributed by atoms with Crippen LogP contribution in [0.25, 0.3) is 0 Å². The second-order valence-corrected chi connectivity index (χ2v) is 10.9. The largest absolute Gasteiger partial charge is 0.550 e. The number of carboxylic acids is 3. The van der Waals surface area contributed by atoms with E-state index in [1.807, 2.05) is 0 Å². The summed E-state index contributed by atoms with van der Waals surface area (Å²) in [5.74, 6) is -5.25. The summed E-state index contributed by atoms with van der Waals surface area (Å²) in [6.07, 6.45) is 19.8. The maximum absolute atomic E-state index is 11.6. The van der Waals surface area contributed by atoms with Crippen molar-refractivity contribution in [1.82, 2.24) is 0 Å². The molecule has 0 aliphatic carbocycles. The van der Waals surface area contributed by atoms with Crippen LogP contribution in [0.5, 0.6) is 0 Å².